The molecule has 0 unspecified atom stereocenters. The summed E-state index contributed by atoms with van der Waals surface area (Å²) in [5.74, 6) is 0.125. The number of aromatic nitrogens is 2. The van der Waals surface area contributed by atoms with E-state index in [1.165, 1.54) is 11.3 Å². The summed E-state index contributed by atoms with van der Waals surface area (Å²) >= 11 is 22.7. The van der Waals surface area contributed by atoms with E-state index in [1.807, 2.05) is 49.5 Å². The van der Waals surface area contributed by atoms with Crippen molar-refractivity contribution in [1.29, 1.82) is 0 Å². The second-order valence-corrected chi connectivity index (χ2v) is 11.0. The molecule has 2 aromatic carbocycles. The molecule has 11 heteroatoms. The van der Waals surface area contributed by atoms with E-state index in [9.17, 15) is 4.79 Å². The zero-order chi connectivity index (χ0) is 25.8. The number of thiocarbonyl (C=S) groups is 1. The number of ether oxygens (including phenoxy) is 1. The molecule has 4 aromatic rings. The minimum atomic E-state index is -0.405. The third-order valence-electron chi connectivity index (χ3n) is 5.13. The number of benzene rings is 2. The maximum atomic E-state index is 12.9. The molecule has 0 atom stereocenters. The second-order valence-electron chi connectivity index (χ2n) is 7.67. The van der Waals surface area contributed by atoms with Gasteiger partial charge in [0.05, 0.1) is 27.7 Å². The van der Waals surface area contributed by atoms with Gasteiger partial charge in [0.25, 0.3) is 0 Å². The number of anilines is 2. The lowest BCUT2D eigenvalue weighted by Gasteiger charge is -2.11. The van der Waals surface area contributed by atoms with E-state index in [2.05, 4.69) is 31.7 Å². The van der Waals surface area contributed by atoms with E-state index in [4.69, 9.17) is 40.2 Å². The lowest BCUT2D eigenvalue weighted by atomic mass is 10.0. The molecule has 2 N–H and O–H groups in total. The van der Waals surface area contributed by atoms with Crippen LogP contribution in [0.1, 0.15) is 27.7 Å². The molecule has 0 spiro atoms. The Morgan fingerprint density at radius 3 is 2.61 bits per heavy atom. The molecule has 6 nitrogen and oxygen atoms in total. The maximum absolute atomic E-state index is 12.9. The van der Waals surface area contributed by atoms with Crippen molar-refractivity contribution in [2.24, 2.45) is 0 Å². The Morgan fingerprint density at radius 1 is 1.17 bits per heavy atom. The van der Waals surface area contributed by atoms with Crippen molar-refractivity contribution in [2.75, 3.05) is 17.2 Å². The van der Waals surface area contributed by atoms with Crippen LogP contribution in [0.2, 0.25) is 10.0 Å². The smallest absolute Gasteiger partial charge is 0.341 e. The standard InChI is InChI=1S/C25H21BrCl2N4O2S2/c1-3-34-24(33)21-20(16-7-5-4-6-8-16)14(2)36-23(21)30-25(35)29-22-17(26)13-32(31-22)12-15-9-10-18(27)19(28)11-15/h4-11,13H,3,12H2,1-2H3,(H2,29,30,31,35). The van der Waals surface area contributed by atoms with Gasteiger partial charge in [-0.15, -0.1) is 11.3 Å². The quantitative estimate of drug-likeness (QED) is 0.160. The summed E-state index contributed by atoms with van der Waals surface area (Å²) in [4.78, 5) is 13.9. The van der Waals surface area contributed by atoms with Crippen LogP contribution in [-0.2, 0) is 11.3 Å². The van der Waals surface area contributed by atoms with Crippen LogP contribution in [0.3, 0.4) is 0 Å². The highest BCUT2D eigenvalue weighted by molar-refractivity contribution is 9.10. The summed E-state index contributed by atoms with van der Waals surface area (Å²) in [6.45, 7) is 4.52. The zero-order valence-electron chi connectivity index (χ0n) is 19.3. The number of aryl methyl sites for hydroxylation is 1. The molecule has 2 aromatic heterocycles. The van der Waals surface area contributed by atoms with Crippen LogP contribution in [0.15, 0.2) is 59.2 Å². The van der Waals surface area contributed by atoms with Crippen LogP contribution >= 0.6 is 62.7 Å². The molecule has 2 heterocycles. The van der Waals surface area contributed by atoms with Crippen LogP contribution in [0.4, 0.5) is 10.8 Å². The molecule has 4 rings (SSSR count). The SMILES string of the molecule is CCOC(=O)c1c(NC(=S)Nc2nn(Cc3ccc(Cl)c(Cl)c3)cc2Br)sc(C)c1-c1ccccc1. The first kappa shape index (κ1) is 26.6. The number of hydrogen-bond acceptors (Lipinski definition) is 5. The Kier molecular flexibility index (Phi) is 8.69. The topological polar surface area (TPSA) is 68.2 Å². The summed E-state index contributed by atoms with van der Waals surface area (Å²) in [5, 5.41) is 12.7. The lowest BCUT2D eigenvalue weighted by Crippen LogP contribution is -2.21. The zero-order valence-corrected chi connectivity index (χ0v) is 24.0. The predicted molar refractivity (Wildman–Crippen MR) is 156 cm³/mol. The Balaban J connectivity index is 1.55. The number of nitrogens with zero attached hydrogens (tertiary/aromatic N) is 2. The van der Waals surface area contributed by atoms with Crippen molar-refractivity contribution in [1.82, 2.24) is 9.78 Å². The normalized spacial score (nSPS) is 10.8. The fourth-order valence-electron chi connectivity index (χ4n) is 3.61. The van der Waals surface area contributed by atoms with Gasteiger partial charge >= 0.3 is 5.97 Å². The number of esters is 1. The fraction of sp³-hybridized carbons (Fsp3) is 0.160. The minimum absolute atomic E-state index is 0.271. The molecule has 186 valence electrons. The molecule has 0 amide bonds. The van der Waals surface area contributed by atoms with Gasteiger partial charge < -0.3 is 15.4 Å². The largest absolute Gasteiger partial charge is 0.462 e. The lowest BCUT2D eigenvalue weighted by molar-refractivity contribution is 0.0529. The highest BCUT2D eigenvalue weighted by Crippen LogP contribution is 2.40. The van der Waals surface area contributed by atoms with Gasteiger partial charge in [-0.2, -0.15) is 5.10 Å². The Hall–Kier alpha value is -2.43. The molecule has 0 radical (unpaired) electrons. The van der Waals surface area contributed by atoms with E-state index in [0.29, 0.717) is 38.1 Å². The average Bonchev–Trinajstić information content (AvgIpc) is 3.35. The van der Waals surface area contributed by atoms with Crippen molar-refractivity contribution in [2.45, 2.75) is 20.4 Å². The second kappa shape index (κ2) is 11.7. The van der Waals surface area contributed by atoms with Crippen molar-refractivity contribution in [3.8, 4) is 11.1 Å². The highest BCUT2D eigenvalue weighted by atomic mass is 79.9. The minimum Gasteiger partial charge on any atom is -0.462 e. The molecular weight excluding hydrogens is 603 g/mol. The van der Waals surface area contributed by atoms with E-state index in [-0.39, 0.29) is 6.61 Å². The summed E-state index contributed by atoms with van der Waals surface area (Å²) in [6, 6.07) is 15.2. The van der Waals surface area contributed by atoms with Crippen LogP contribution in [0, 0.1) is 6.92 Å². The summed E-state index contributed by atoms with van der Waals surface area (Å²) in [7, 11) is 0. The third-order valence-corrected chi connectivity index (χ3v) is 7.68. The molecule has 0 aliphatic carbocycles. The Bertz CT molecular complexity index is 1420. The first-order chi connectivity index (χ1) is 17.3. The van der Waals surface area contributed by atoms with Crippen LogP contribution < -0.4 is 10.6 Å². The van der Waals surface area contributed by atoms with Gasteiger partial charge in [-0.25, -0.2) is 4.79 Å². The monoisotopic (exact) mass is 622 g/mol. The number of hydrogen-bond donors (Lipinski definition) is 2. The summed E-state index contributed by atoms with van der Waals surface area (Å²) in [6.07, 6.45) is 1.83. The summed E-state index contributed by atoms with van der Waals surface area (Å²) in [5.41, 5.74) is 3.17. The molecule has 0 bridgehead atoms. The maximum Gasteiger partial charge on any atom is 0.341 e. The molecule has 0 aliphatic heterocycles. The van der Waals surface area contributed by atoms with E-state index < -0.39 is 5.97 Å². The first-order valence-corrected chi connectivity index (χ1v) is 13.6. The van der Waals surface area contributed by atoms with Crippen molar-refractivity contribution < 1.29 is 9.53 Å². The van der Waals surface area contributed by atoms with Gasteiger partial charge in [0.2, 0.25) is 0 Å². The van der Waals surface area contributed by atoms with E-state index in [1.54, 1.807) is 23.7 Å². The number of carbonyl (C=O) groups is 1. The molecule has 0 aliphatic rings. The number of rotatable bonds is 7. The molecule has 0 saturated carbocycles. The number of nitrogens with one attached hydrogen (secondary N) is 2. The molecular formula is C25H21BrCl2N4O2S2. The third kappa shape index (κ3) is 6.10. The predicted octanol–water partition coefficient (Wildman–Crippen LogP) is 8.02. The highest BCUT2D eigenvalue weighted by Gasteiger charge is 2.25. The van der Waals surface area contributed by atoms with Gasteiger partial charge in [0.1, 0.15) is 10.6 Å². The number of halogens is 3. The molecule has 36 heavy (non-hydrogen) atoms. The molecule has 0 saturated heterocycles. The number of carbonyl (C=O) groups excluding carboxylic acids is 1. The van der Waals surface area contributed by atoms with Gasteiger partial charge in [-0.3, -0.25) is 4.68 Å². The van der Waals surface area contributed by atoms with E-state index in [0.717, 1.165) is 26.0 Å². The first-order valence-electron chi connectivity index (χ1n) is 10.9. The van der Waals surface area contributed by atoms with Crippen LogP contribution in [0.25, 0.3) is 11.1 Å². The van der Waals surface area contributed by atoms with Gasteiger partial charge in [0.15, 0.2) is 10.9 Å². The Labute approximate surface area is 236 Å². The van der Waals surface area contributed by atoms with Gasteiger partial charge in [-0.1, -0.05) is 59.6 Å². The summed E-state index contributed by atoms with van der Waals surface area (Å²) < 4.78 is 7.84. The van der Waals surface area contributed by atoms with Crippen LogP contribution in [0.5, 0.6) is 0 Å². The Morgan fingerprint density at radius 2 is 1.92 bits per heavy atom. The van der Waals surface area contributed by atoms with Crippen molar-refractivity contribution in [3.63, 3.8) is 0 Å². The van der Waals surface area contributed by atoms with Crippen molar-refractivity contribution >= 4 is 84.6 Å². The van der Waals surface area contributed by atoms with Crippen LogP contribution in [-0.4, -0.2) is 27.5 Å². The average molecular weight is 624 g/mol. The number of thiophene rings is 1. The van der Waals surface area contributed by atoms with E-state index >= 15 is 0 Å². The van der Waals surface area contributed by atoms with Crippen molar-refractivity contribution in [3.05, 3.63) is 85.2 Å². The van der Waals surface area contributed by atoms with Gasteiger partial charge in [0, 0.05) is 16.6 Å². The fourth-order valence-corrected chi connectivity index (χ4v) is 5.68. The van der Waals surface area contributed by atoms with Gasteiger partial charge in [-0.05, 0) is 65.3 Å². The molecule has 0 fully saturated rings.